The molecule has 0 aliphatic rings. The summed E-state index contributed by atoms with van der Waals surface area (Å²) in [6, 6.07) is 2.12. The minimum absolute atomic E-state index is 0.616. The van der Waals surface area contributed by atoms with Crippen molar-refractivity contribution in [3.8, 4) is 0 Å². The Hall–Kier alpha value is -0.760. The highest BCUT2D eigenvalue weighted by Crippen LogP contribution is 2.09. The average Bonchev–Trinajstić information content (AvgIpc) is 2.46. The highest BCUT2D eigenvalue weighted by atomic mass is 35.5. The topological polar surface area (TPSA) is 17.8 Å². The number of nitrogens with zero attached hydrogens (tertiary/aromatic N) is 2. The van der Waals surface area contributed by atoms with Crippen molar-refractivity contribution in [2.75, 3.05) is 0 Å². The third kappa shape index (κ3) is 2.59. The first-order valence-electron chi connectivity index (χ1n) is 4.56. The van der Waals surface area contributed by atoms with Gasteiger partial charge in [0.1, 0.15) is 0 Å². The summed E-state index contributed by atoms with van der Waals surface area (Å²) in [5, 5.41) is 5.04. The van der Waals surface area contributed by atoms with Gasteiger partial charge >= 0.3 is 0 Å². The van der Waals surface area contributed by atoms with Crippen LogP contribution in [0.4, 0.5) is 0 Å². The van der Waals surface area contributed by atoms with Crippen LogP contribution in [0.25, 0.3) is 0 Å². The second-order valence-corrected chi connectivity index (χ2v) is 3.54. The van der Waals surface area contributed by atoms with Crippen LogP contribution in [-0.4, -0.2) is 9.78 Å². The minimum atomic E-state index is 0.616. The van der Waals surface area contributed by atoms with Gasteiger partial charge in [-0.2, -0.15) is 5.10 Å². The fourth-order valence-electron chi connectivity index (χ4n) is 1.27. The fourth-order valence-corrected chi connectivity index (χ4v) is 1.38. The Morgan fingerprint density at radius 2 is 2.23 bits per heavy atom. The highest BCUT2D eigenvalue weighted by molar-refractivity contribution is 6.29. The van der Waals surface area contributed by atoms with E-state index >= 15 is 0 Å². The molecular weight excluding hydrogens is 184 g/mol. The zero-order valence-corrected chi connectivity index (χ0v) is 8.93. The van der Waals surface area contributed by atoms with Crippen LogP contribution >= 0.6 is 11.6 Å². The molecule has 0 fully saturated rings. The molecule has 0 radical (unpaired) electrons. The summed E-state index contributed by atoms with van der Waals surface area (Å²) in [6.07, 6.45) is 1.95. The first-order valence-corrected chi connectivity index (χ1v) is 4.94. The Bertz CT molecular complexity index is 302. The van der Waals surface area contributed by atoms with Crippen LogP contribution < -0.4 is 0 Å². The molecule has 1 rings (SSSR count). The molecule has 0 aromatic carbocycles. The molecular formula is C10H15ClN2. The van der Waals surface area contributed by atoms with Crippen molar-refractivity contribution in [2.45, 2.75) is 33.2 Å². The molecule has 0 saturated carbocycles. The SMILES string of the molecule is C=C(Cl)Cn1nc(CC)cc1CC. The largest absolute Gasteiger partial charge is 0.264 e. The van der Waals surface area contributed by atoms with E-state index in [4.69, 9.17) is 11.6 Å². The van der Waals surface area contributed by atoms with E-state index in [9.17, 15) is 0 Å². The molecule has 0 amide bonds. The summed E-state index contributed by atoms with van der Waals surface area (Å²) >= 11 is 5.74. The summed E-state index contributed by atoms with van der Waals surface area (Å²) < 4.78 is 1.92. The third-order valence-electron chi connectivity index (χ3n) is 1.96. The number of hydrogen-bond acceptors (Lipinski definition) is 1. The van der Waals surface area contributed by atoms with E-state index in [2.05, 4.69) is 31.6 Å². The smallest absolute Gasteiger partial charge is 0.0763 e. The van der Waals surface area contributed by atoms with E-state index in [1.807, 2.05) is 4.68 Å². The first kappa shape index (κ1) is 10.3. The van der Waals surface area contributed by atoms with Crippen LogP contribution in [-0.2, 0) is 19.4 Å². The molecule has 1 heterocycles. The van der Waals surface area contributed by atoms with Gasteiger partial charge in [0, 0.05) is 10.7 Å². The van der Waals surface area contributed by atoms with Crippen molar-refractivity contribution in [1.82, 2.24) is 9.78 Å². The van der Waals surface area contributed by atoms with E-state index in [0.717, 1.165) is 18.5 Å². The fraction of sp³-hybridized carbons (Fsp3) is 0.500. The maximum Gasteiger partial charge on any atom is 0.0763 e. The van der Waals surface area contributed by atoms with Gasteiger partial charge in [-0.3, -0.25) is 4.68 Å². The van der Waals surface area contributed by atoms with Gasteiger partial charge in [-0.25, -0.2) is 0 Å². The van der Waals surface area contributed by atoms with Gasteiger partial charge in [0.15, 0.2) is 0 Å². The molecule has 0 saturated heterocycles. The Morgan fingerprint density at radius 3 is 2.69 bits per heavy atom. The molecule has 0 aliphatic carbocycles. The monoisotopic (exact) mass is 198 g/mol. The van der Waals surface area contributed by atoms with E-state index in [-0.39, 0.29) is 0 Å². The molecule has 72 valence electrons. The van der Waals surface area contributed by atoms with Crippen molar-refractivity contribution < 1.29 is 0 Å². The number of rotatable bonds is 4. The standard InChI is InChI=1S/C10H15ClN2/c1-4-9-6-10(5-2)13(12-9)7-8(3)11/h6H,3-5,7H2,1-2H3. The van der Waals surface area contributed by atoms with Crippen molar-refractivity contribution >= 4 is 11.6 Å². The van der Waals surface area contributed by atoms with Gasteiger partial charge in [0.2, 0.25) is 0 Å². The Labute approximate surface area is 84.2 Å². The van der Waals surface area contributed by atoms with Gasteiger partial charge in [0.25, 0.3) is 0 Å². The Morgan fingerprint density at radius 1 is 1.54 bits per heavy atom. The molecule has 0 bridgehead atoms. The van der Waals surface area contributed by atoms with E-state index in [0.29, 0.717) is 11.6 Å². The maximum absolute atomic E-state index is 5.74. The molecule has 2 nitrogen and oxygen atoms in total. The van der Waals surface area contributed by atoms with Crippen LogP contribution in [0, 0.1) is 0 Å². The van der Waals surface area contributed by atoms with Crippen molar-refractivity contribution in [3.63, 3.8) is 0 Å². The van der Waals surface area contributed by atoms with Crippen molar-refractivity contribution in [2.24, 2.45) is 0 Å². The number of hydrogen-bond donors (Lipinski definition) is 0. The summed E-state index contributed by atoms with van der Waals surface area (Å²) in [7, 11) is 0. The summed E-state index contributed by atoms with van der Waals surface area (Å²) in [4.78, 5) is 0. The van der Waals surface area contributed by atoms with Crippen molar-refractivity contribution in [1.29, 1.82) is 0 Å². The number of halogens is 1. The van der Waals surface area contributed by atoms with Crippen LogP contribution in [0.3, 0.4) is 0 Å². The maximum atomic E-state index is 5.74. The normalized spacial score (nSPS) is 10.4. The predicted octanol–water partition coefficient (Wildman–Crippen LogP) is 2.76. The second kappa shape index (κ2) is 4.47. The molecule has 0 aliphatic heterocycles. The molecule has 13 heavy (non-hydrogen) atoms. The second-order valence-electron chi connectivity index (χ2n) is 3.01. The van der Waals surface area contributed by atoms with E-state index in [1.54, 1.807) is 0 Å². The van der Waals surface area contributed by atoms with Crippen LogP contribution in [0.2, 0.25) is 0 Å². The van der Waals surface area contributed by atoms with Gasteiger partial charge in [-0.1, -0.05) is 32.0 Å². The molecule has 0 N–H and O–H groups in total. The van der Waals surface area contributed by atoms with Gasteiger partial charge in [0.05, 0.1) is 12.2 Å². The minimum Gasteiger partial charge on any atom is -0.264 e. The van der Waals surface area contributed by atoms with E-state index < -0.39 is 0 Å². The van der Waals surface area contributed by atoms with Gasteiger partial charge < -0.3 is 0 Å². The molecule has 3 heteroatoms. The summed E-state index contributed by atoms with van der Waals surface area (Å²) in [6.45, 7) is 8.50. The zero-order valence-electron chi connectivity index (χ0n) is 8.18. The average molecular weight is 199 g/mol. The lowest BCUT2D eigenvalue weighted by molar-refractivity contribution is 0.647. The molecule has 1 aromatic heterocycles. The molecule has 0 atom stereocenters. The van der Waals surface area contributed by atoms with E-state index in [1.165, 1.54) is 5.69 Å². The van der Waals surface area contributed by atoms with Crippen LogP contribution in [0.1, 0.15) is 25.2 Å². The van der Waals surface area contributed by atoms with Gasteiger partial charge in [-0.05, 0) is 18.9 Å². The molecule has 0 unspecified atom stereocenters. The lowest BCUT2D eigenvalue weighted by atomic mass is 10.3. The zero-order chi connectivity index (χ0) is 9.84. The number of aromatic nitrogens is 2. The van der Waals surface area contributed by atoms with Crippen LogP contribution in [0.15, 0.2) is 17.7 Å². The highest BCUT2D eigenvalue weighted by Gasteiger charge is 2.04. The Kier molecular flexibility index (Phi) is 3.55. The molecule has 1 aromatic rings. The number of allylic oxidation sites excluding steroid dienone is 1. The van der Waals surface area contributed by atoms with Crippen molar-refractivity contribution in [3.05, 3.63) is 29.1 Å². The predicted molar refractivity (Wildman–Crippen MR) is 56.0 cm³/mol. The Balaban J connectivity index is 2.90. The first-order chi connectivity index (χ1) is 6.17. The van der Waals surface area contributed by atoms with Gasteiger partial charge in [-0.15, -0.1) is 0 Å². The quantitative estimate of drug-likeness (QED) is 0.728. The number of aryl methyl sites for hydroxylation is 2. The summed E-state index contributed by atoms with van der Waals surface area (Å²) in [5.41, 5.74) is 2.34. The molecule has 0 spiro atoms. The third-order valence-corrected chi connectivity index (χ3v) is 2.08. The lowest BCUT2D eigenvalue weighted by Crippen LogP contribution is -2.04. The summed E-state index contributed by atoms with van der Waals surface area (Å²) in [5.74, 6) is 0. The van der Waals surface area contributed by atoms with Crippen LogP contribution in [0.5, 0.6) is 0 Å². The lowest BCUT2D eigenvalue weighted by Gasteiger charge is -2.02.